The lowest BCUT2D eigenvalue weighted by atomic mass is 9.83. The molecule has 0 fully saturated rings. The monoisotopic (exact) mass is 497 g/mol. The second kappa shape index (κ2) is 7.69. The standard InChI is InChI=1S/C36H37N2/c1-20(2)24-11-13-26-27-14-10-23-15-16-37(8)35-31-22(4)25-12-9-21(3)17-28(25)29(19-36(5,6)7)34(31)38(30(26)18-24)33(27)32(23)35/h9-18,20H,19H2,1-8H3/q+1. The van der Waals surface area contributed by atoms with Crippen LogP contribution in [-0.2, 0) is 13.5 Å². The Kier molecular flexibility index (Phi) is 4.75. The number of rotatable bonds is 2. The molecule has 0 aliphatic carbocycles. The zero-order chi connectivity index (χ0) is 26.7. The van der Waals surface area contributed by atoms with Gasteiger partial charge < -0.3 is 4.40 Å². The van der Waals surface area contributed by atoms with Crippen LogP contribution in [-0.4, -0.2) is 4.40 Å². The first-order valence-corrected chi connectivity index (χ1v) is 14.0. The lowest BCUT2D eigenvalue weighted by Crippen LogP contribution is -2.29. The Morgan fingerprint density at radius 1 is 0.789 bits per heavy atom. The third-order valence-corrected chi connectivity index (χ3v) is 8.69. The normalized spacial score (nSPS) is 13.1. The van der Waals surface area contributed by atoms with E-state index < -0.39 is 0 Å². The van der Waals surface area contributed by atoms with Crippen molar-refractivity contribution in [3.8, 4) is 0 Å². The van der Waals surface area contributed by atoms with E-state index in [0.29, 0.717) is 5.92 Å². The molecule has 0 saturated heterocycles. The first kappa shape index (κ1) is 23.5. The van der Waals surface area contributed by atoms with Crippen LogP contribution in [0.1, 0.15) is 62.8 Å². The van der Waals surface area contributed by atoms with Crippen molar-refractivity contribution in [1.82, 2.24) is 4.40 Å². The third-order valence-electron chi connectivity index (χ3n) is 8.69. The van der Waals surface area contributed by atoms with Gasteiger partial charge in [0.1, 0.15) is 7.05 Å². The first-order chi connectivity index (χ1) is 18.0. The minimum Gasteiger partial charge on any atom is -0.307 e. The highest BCUT2D eigenvalue weighted by atomic mass is 15.0. The van der Waals surface area contributed by atoms with Crippen LogP contribution in [0.2, 0.25) is 0 Å². The number of benzene rings is 4. The fraction of sp³-hybridized carbons (Fsp3) is 0.306. The van der Waals surface area contributed by atoms with Gasteiger partial charge in [-0.1, -0.05) is 82.6 Å². The molecule has 4 aromatic carbocycles. The van der Waals surface area contributed by atoms with Gasteiger partial charge >= 0.3 is 0 Å². The minimum absolute atomic E-state index is 0.149. The van der Waals surface area contributed by atoms with Gasteiger partial charge in [-0.05, 0) is 70.5 Å². The molecule has 7 rings (SSSR count). The fourth-order valence-electron chi connectivity index (χ4n) is 6.93. The molecule has 0 bridgehead atoms. The second-order valence-corrected chi connectivity index (χ2v) is 13.1. The molecule has 3 heterocycles. The molecular formula is C36H37N2+. The van der Waals surface area contributed by atoms with E-state index in [-0.39, 0.29) is 5.41 Å². The van der Waals surface area contributed by atoms with Gasteiger partial charge in [-0.15, -0.1) is 0 Å². The van der Waals surface area contributed by atoms with Crippen LogP contribution >= 0.6 is 0 Å². The Morgan fingerprint density at radius 3 is 2.26 bits per heavy atom. The number of aromatic nitrogens is 2. The molecule has 0 aliphatic rings. The smallest absolute Gasteiger partial charge is 0.224 e. The molecule has 2 heteroatoms. The predicted octanol–water partition coefficient (Wildman–Crippen LogP) is 9.30. The van der Waals surface area contributed by atoms with E-state index >= 15 is 0 Å². The Balaban J connectivity index is 1.91. The number of pyridine rings is 2. The maximum Gasteiger partial charge on any atom is 0.224 e. The first-order valence-electron chi connectivity index (χ1n) is 14.0. The molecule has 0 amide bonds. The van der Waals surface area contributed by atoms with Crippen LogP contribution in [0.4, 0.5) is 0 Å². The van der Waals surface area contributed by atoms with E-state index in [1.807, 2.05) is 0 Å². The van der Waals surface area contributed by atoms with Gasteiger partial charge in [0.15, 0.2) is 6.20 Å². The van der Waals surface area contributed by atoms with Crippen molar-refractivity contribution in [1.29, 1.82) is 0 Å². The van der Waals surface area contributed by atoms with Crippen molar-refractivity contribution in [2.45, 2.75) is 60.8 Å². The molecule has 0 radical (unpaired) electrons. The van der Waals surface area contributed by atoms with Gasteiger partial charge in [-0.2, -0.15) is 0 Å². The number of hydrogen-bond donors (Lipinski definition) is 0. The molecule has 7 aromatic rings. The van der Waals surface area contributed by atoms with Gasteiger partial charge in [-0.25, -0.2) is 4.57 Å². The third kappa shape index (κ3) is 3.10. The van der Waals surface area contributed by atoms with Crippen LogP contribution < -0.4 is 4.57 Å². The summed E-state index contributed by atoms with van der Waals surface area (Å²) in [4.78, 5) is 0. The lowest BCUT2D eigenvalue weighted by Gasteiger charge is -2.24. The summed E-state index contributed by atoms with van der Waals surface area (Å²) in [5.74, 6) is 0.480. The maximum absolute atomic E-state index is 2.65. The number of nitrogens with zero attached hydrogens (tertiary/aromatic N) is 2. The van der Waals surface area contributed by atoms with Crippen molar-refractivity contribution in [3.63, 3.8) is 0 Å². The van der Waals surface area contributed by atoms with E-state index in [0.717, 1.165) is 6.42 Å². The second-order valence-electron chi connectivity index (χ2n) is 13.1. The van der Waals surface area contributed by atoms with Gasteiger partial charge in [-0.3, -0.25) is 0 Å². The maximum atomic E-state index is 2.65. The predicted molar refractivity (Wildman–Crippen MR) is 164 cm³/mol. The Morgan fingerprint density at radius 2 is 1.53 bits per heavy atom. The lowest BCUT2D eigenvalue weighted by molar-refractivity contribution is -0.643. The highest BCUT2D eigenvalue weighted by Gasteiger charge is 2.28. The molecule has 0 atom stereocenters. The summed E-state index contributed by atoms with van der Waals surface area (Å²) in [6, 6.07) is 21.2. The van der Waals surface area contributed by atoms with E-state index in [1.165, 1.54) is 82.0 Å². The van der Waals surface area contributed by atoms with Gasteiger partial charge in [0, 0.05) is 16.8 Å². The summed E-state index contributed by atoms with van der Waals surface area (Å²) >= 11 is 0. The topological polar surface area (TPSA) is 8.29 Å². The summed E-state index contributed by atoms with van der Waals surface area (Å²) < 4.78 is 5.01. The molecule has 190 valence electrons. The molecular weight excluding hydrogens is 460 g/mol. The zero-order valence-electron chi connectivity index (χ0n) is 24.0. The van der Waals surface area contributed by atoms with Gasteiger partial charge in [0.05, 0.1) is 27.3 Å². The molecule has 0 saturated carbocycles. The average Bonchev–Trinajstić information content (AvgIpc) is 3.20. The van der Waals surface area contributed by atoms with Crippen molar-refractivity contribution in [2.75, 3.05) is 0 Å². The zero-order valence-corrected chi connectivity index (χ0v) is 24.0. The number of hydrogen-bond acceptors (Lipinski definition) is 0. The molecule has 0 aliphatic heterocycles. The van der Waals surface area contributed by atoms with E-state index in [2.05, 4.69) is 125 Å². The number of fused-ring (bicyclic) bond motifs is 7. The molecule has 2 nitrogen and oxygen atoms in total. The van der Waals surface area contributed by atoms with Gasteiger partial charge in [0.25, 0.3) is 0 Å². The van der Waals surface area contributed by atoms with Crippen molar-refractivity contribution >= 4 is 59.8 Å². The largest absolute Gasteiger partial charge is 0.307 e. The fourth-order valence-corrected chi connectivity index (χ4v) is 6.93. The Hall–Kier alpha value is -3.65. The van der Waals surface area contributed by atoms with Crippen LogP contribution in [0.25, 0.3) is 59.8 Å². The van der Waals surface area contributed by atoms with Gasteiger partial charge in [0.2, 0.25) is 5.52 Å². The molecule has 0 N–H and O–H groups in total. The summed E-state index contributed by atoms with van der Waals surface area (Å²) in [5.41, 5.74) is 11.1. The van der Waals surface area contributed by atoms with Crippen LogP contribution in [0.3, 0.4) is 0 Å². The Labute approximate surface area is 224 Å². The summed E-state index contributed by atoms with van der Waals surface area (Å²) in [7, 11) is 2.22. The highest BCUT2D eigenvalue weighted by molar-refractivity contribution is 6.29. The summed E-state index contributed by atoms with van der Waals surface area (Å²) in [6.45, 7) is 16.3. The number of aryl methyl sites for hydroxylation is 3. The molecule has 3 aromatic heterocycles. The van der Waals surface area contributed by atoms with Crippen molar-refractivity contribution < 1.29 is 4.57 Å². The minimum atomic E-state index is 0.149. The Bertz CT molecular complexity index is 2080. The van der Waals surface area contributed by atoms with E-state index in [9.17, 15) is 0 Å². The van der Waals surface area contributed by atoms with Crippen LogP contribution in [0, 0.1) is 19.3 Å². The highest BCUT2D eigenvalue weighted by Crippen LogP contribution is 2.45. The van der Waals surface area contributed by atoms with E-state index in [4.69, 9.17) is 0 Å². The van der Waals surface area contributed by atoms with E-state index in [1.54, 1.807) is 0 Å². The average molecular weight is 498 g/mol. The summed E-state index contributed by atoms with van der Waals surface area (Å²) in [6.07, 6.45) is 3.26. The van der Waals surface area contributed by atoms with Crippen molar-refractivity contribution in [3.05, 3.63) is 83.0 Å². The quantitative estimate of drug-likeness (QED) is 0.128. The van der Waals surface area contributed by atoms with Crippen molar-refractivity contribution in [2.24, 2.45) is 12.5 Å². The summed E-state index contributed by atoms with van der Waals surface area (Å²) in [5, 5.41) is 9.55. The van der Waals surface area contributed by atoms with Crippen LogP contribution in [0.5, 0.6) is 0 Å². The molecule has 0 spiro atoms. The molecule has 0 unspecified atom stereocenters. The SMILES string of the molecule is Cc1ccc2c(C)c3c(c(CC(C)(C)C)c2c1)n1c2cc(C(C)C)ccc2c2ccc4cc[n+](C)c3c4c21. The van der Waals surface area contributed by atoms with Crippen LogP contribution in [0.15, 0.2) is 60.8 Å². The molecule has 38 heavy (non-hydrogen) atoms.